The Balaban J connectivity index is 0.00000338. The van der Waals surface area contributed by atoms with Crippen molar-refractivity contribution in [3.05, 3.63) is 0 Å². The molecule has 26 heavy (non-hydrogen) atoms. The van der Waals surface area contributed by atoms with Crippen molar-refractivity contribution in [2.24, 2.45) is 16.8 Å². The number of hydrogen-bond donors (Lipinski definition) is 2. The highest BCUT2D eigenvalue weighted by molar-refractivity contribution is 14.0. The van der Waals surface area contributed by atoms with E-state index in [1.165, 1.54) is 25.7 Å². The molecule has 0 bridgehead atoms. The molecule has 0 aromatic carbocycles. The van der Waals surface area contributed by atoms with Crippen molar-refractivity contribution in [2.45, 2.75) is 84.2 Å². The lowest BCUT2D eigenvalue weighted by atomic mass is 9.80. The Labute approximate surface area is 177 Å². The Morgan fingerprint density at radius 3 is 2.46 bits per heavy atom. The molecule has 1 atom stereocenters. The Hall–Kier alpha value is -0.530. The molecule has 1 saturated carbocycles. The first-order valence-electron chi connectivity index (χ1n) is 10.3. The summed E-state index contributed by atoms with van der Waals surface area (Å²) < 4.78 is 0. The van der Waals surface area contributed by atoms with Gasteiger partial charge in [0.25, 0.3) is 0 Å². The van der Waals surface area contributed by atoms with Gasteiger partial charge in [0.05, 0.1) is 0 Å². The molecule has 2 N–H and O–H groups in total. The lowest BCUT2D eigenvalue weighted by Gasteiger charge is -2.32. The van der Waals surface area contributed by atoms with Crippen LogP contribution >= 0.6 is 24.0 Å². The molecule has 2 rings (SSSR count). The molecule has 1 unspecified atom stereocenters. The average Bonchev–Trinajstić information content (AvgIpc) is 3.04. The van der Waals surface area contributed by atoms with Gasteiger partial charge in [-0.05, 0) is 56.8 Å². The smallest absolute Gasteiger partial charge is 0.222 e. The van der Waals surface area contributed by atoms with Gasteiger partial charge in [0.15, 0.2) is 5.96 Å². The lowest BCUT2D eigenvalue weighted by Crippen LogP contribution is -2.46. The molecule has 1 saturated heterocycles. The number of amides is 1. The Kier molecular flexibility index (Phi) is 10.9. The Morgan fingerprint density at radius 1 is 1.27 bits per heavy atom. The van der Waals surface area contributed by atoms with Gasteiger partial charge in [-0.1, -0.05) is 20.8 Å². The molecule has 1 heterocycles. The van der Waals surface area contributed by atoms with E-state index in [1.807, 2.05) is 7.05 Å². The monoisotopic (exact) mass is 478 g/mol. The molecule has 2 fully saturated rings. The highest BCUT2D eigenvalue weighted by Crippen LogP contribution is 2.29. The van der Waals surface area contributed by atoms with Crippen molar-refractivity contribution in [3.63, 3.8) is 0 Å². The number of likely N-dealkylation sites (tertiary alicyclic amines) is 1. The van der Waals surface area contributed by atoms with Crippen LogP contribution in [0.4, 0.5) is 0 Å². The highest BCUT2D eigenvalue weighted by Gasteiger charge is 2.27. The first-order chi connectivity index (χ1) is 12.0. The van der Waals surface area contributed by atoms with E-state index in [4.69, 9.17) is 0 Å². The molecule has 0 spiro atoms. The fraction of sp³-hybridized carbons (Fsp3) is 0.900. The molecule has 0 radical (unpaired) electrons. The van der Waals surface area contributed by atoms with E-state index in [9.17, 15) is 4.79 Å². The number of nitrogens with one attached hydrogen (secondary N) is 2. The fourth-order valence-electron chi connectivity index (χ4n) is 4.31. The summed E-state index contributed by atoms with van der Waals surface area (Å²) in [6.07, 6.45) is 8.88. The standard InChI is InChI=1S/C20H38N4O.HI/c1-5-18(24-14-6-7-19(24)25)12-13-22-20(21-4)23-17-10-8-16(9-11-17)15(2)3;/h15-18H,5-14H2,1-4H3,(H2,21,22,23);1H. The zero-order valence-electron chi connectivity index (χ0n) is 17.1. The second-order valence-electron chi connectivity index (χ2n) is 8.04. The number of aliphatic imine (C=N–C) groups is 1. The molecule has 1 amide bonds. The molecule has 1 aliphatic carbocycles. The van der Waals surface area contributed by atoms with E-state index in [2.05, 4.69) is 41.3 Å². The van der Waals surface area contributed by atoms with Gasteiger partial charge in [-0.25, -0.2) is 0 Å². The number of halogens is 1. The van der Waals surface area contributed by atoms with Crippen LogP contribution in [0.5, 0.6) is 0 Å². The summed E-state index contributed by atoms with van der Waals surface area (Å²) in [6, 6.07) is 0.908. The zero-order chi connectivity index (χ0) is 18.2. The van der Waals surface area contributed by atoms with Crippen LogP contribution in [-0.2, 0) is 4.79 Å². The third-order valence-electron chi connectivity index (χ3n) is 6.07. The van der Waals surface area contributed by atoms with E-state index in [1.54, 1.807) is 0 Å². The van der Waals surface area contributed by atoms with Gasteiger partial charge in [-0.3, -0.25) is 9.79 Å². The van der Waals surface area contributed by atoms with E-state index in [-0.39, 0.29) is 24.0 Å². The van der Waals surface area contributed by atoms with Crippen LogP contribution in [0.25, 0.3) is 0 Å². The number of hydrogen-bond acceptors (Lipinski definition) is 2. The maximum atomic E-state index is 11.9. The van der Waals surface area contributed by atoms with Gasteiger partial charge < -0.3 is 15.5 Å². The number of carbonyl (C=O) groups is 1. The first-order valence-corrected chi connectivity index (χ1v) is 10.3. The minimum Gasteiger partial charge on any atom is -0.356 e. The molecule has 6 heteroatoms. The van der Waals surface area contributed by atoms with Crippen molar-refractivity contribution in [3.8, 4) is 0 Å². The summed E-state index contributed by atoms with van der Waals surface area (Å²) in [5, 5.41) is 7.05. The molecule has 2 aliphatic rings. The molecule has 5 nitrogen and oxygen atoms in total. The number of nitrogens with zero attached hydrogens (tertiary/aromatic N) is 2. The molecule has 1 aliphatic heterocycles. The van der Waals surface area contributed by atoms with Crippen molar-refractivity contribution in [1.82, 2.24) is 15.5 Å². The minimum atomic E-state index is 0. The highest BCUT2D eigenvalue weighted by atomic mass is 127. The third-order valence-corrected chi connectivity index (χ3v) is 6.07. The predicted octanol–water partition coefficient (Wildman–Crippen LogP) is 3.78. The van der Waals surface area contributed by atoms with Crippen LogP contribution in [0, 0.1) is 11.8 Å². The summed E-state index contributed by atoms with van der Waals surface area (Å²) in [6.45, 7) is 8.66. The topological polar surface area (TPSA) is 56.7 Å². The summed E-state index contributed by atoms with van der Waals surface area (Å²) in [5.41, 5.74) is 0. The van der Waals surface area contributed by atoms with Gasteiger partial charge in [0, 0.05) is 38.6 Å². The third kappa shape index (κ3) is 6.89. The lowest BCUT2D eigenvalue weighted by molar-refractivity contribution is -0.129. The van der Waals surface area contributed by atoms with Gasteiger partial charge in [0.2, 0.25) is 5.91 Å². The first kappa shape index (κ1) is 23.5. The van der Waals surface area contributed by atoms with Gasteiger partial charge in [-0.2, -0.15) is 0 Å². The second-order valence-corrected chi connectivity index (χ2v) is 8.04. The van der Waals surface area contributed by atoms with Crippen LogP contribution in [0.1, 0.15) is 72.1 Å². The van der Waals surface area contributed by atoms with Gasteiger partial charge in [0.1, 0.15) is 0 Å². The van der Waals surface area contributed by atoms with Crippen LogP contribution in [0.2, 0.25) is 0 Å². The van der Waals surface area contributed by atoms with Crippen LogP contribution in [-0.4, -0.2) is 49.0 Å². The quantitative estimate of drug-likeness (QED) is 0.333. The van der Waals surface area contributed by atoms with Crippen molar-refractivity contribution in [2.75, 3.05) is 20.1 Å². The normalized spacial score (nSPS) is 25.2. The summed E-state index contributed by atoms with van der Waals surface area (Å²) in [5.74, 6) is 2.93. The van der Waals surface area contributed by atoms with Crippen molar-refractivity contribution >= 4 is 35.8 Å². The van der Waals surface area contributed by atoms with E-state index in [0.717, 1.165) is 56.6 Å². The van der Waals surface area contributed by atoms with E-state index >= 15 is 0 Å². The van der Waals surface area contributed by atoms with Crippen LogP contribution < -0.4 is 10.6 Å². The fourth-order valence-corrected chi connectivity index (χ4v) is 4.31. The molecule has 152 valence electrons. The molecular formula is C20H39IN4O. The SMILES string of the molecule is CCC(CCNC(=NC)NC1CCC(C(C)C)CC1)N1CCCC1=O.I. The largest absolute Gasteiger partial charge is 0.356 e. The van der Waals surface area contributed by atoms with Crippen LogP contribution in [0.3, 0.4) is 0 Å². The maximum Gasteiger partial charge on any atom is 0.222 e. The summed E-state index contributed by atoms with van der Waals surface area (Å²) in [7, 11) is 1.84. The number of carbonyl (C=O) groups excluding carboxylic acids is 1. The minimum absolute atomic E-state index is 0. The number of guanidine groups is 1. The zero-order valence-corrected chi connectivity index (χ0v) is 19.4. The van der Waals surface area contributed by atoms with Crippen molar-refractivity contribution < 1.29 is 4.79 Å². The molecule has 0 aromatic rings. The van der Waals surface area contributed by atoms with E-state index in [0.29, 0.717) is 18.0 Å². The predicted molar refractivity (Wildman–Crippen MR) is 120 cm³/mol. The molecular weight excluding hydrogens is 439 g/mol. The summed E-state index contributed by atoms with van der Waals surface area (Å²) in [4.78, 5) is 18.4. The maximum absolute atomic E-state index is 11.9. The molecule has 0 aromatic heterocycles. The Morgan fingerprint density at radius 2 is 1.96 bits per heavy atom. The van der Waals surface area contributed by atoms with Gasteiger partial charge in [-0.15, -0.1) is 24.0 Å². The number of rotatable bonds is 7. The Bertz CT molecular complexity index is 447. The van der Waals surface area contributed by atoms with E-state index < -0.39 is 0 Å². The average molecular weight is 478 g/mol. The van der Waals surface area contributed by atoms with Gasteiger partial charge >= 0.3 is 0 Å². The second kappa shape index (κ2) is 12.0. The van der Waals surface area contributed by atoms with Crippen LogP contribution in [0.15, 0.2) is 4.99 Å². The summed E-state index contributed by atoms with van der Waals surface area (Å²) >= 11 is 0. The van der Waals surface area contributed by atoms with Crippen molar-refractivity contribution in [1.29, 1.82) is 0 Å².